The summed E-state index contributed by atoms with van der Waals surface area (Å²) in [6, 6.07) is 5.80. The Kier molecular flexibility index (Phi) is 2.74. The molecule has 3 rings (SSSR count). The fraction of sp³-hybridized carbons (Fsp3) is 0.286. The average Bonchev–Trinajstić information content (AvgIpc) is 2.89. The summed E-state index contributed by atoms with van der Waals surface area (Å²) in [5.41, 5.74) is 13.2. The van der Waals surface area contributed by atoms with Crippen LogP contribution in [0.4, 0.5) is 11.4 Å². The summed E-state index contributed by atoms with van der Waals surface area (Å²) in [6.45, 7) is 1.50. The molecule has 1 unspecified atom stereocenters. The lowest BCUT2D eigenvalue weighted by Crippen LogP contribution is -2.27. The third kappa shape index (κ3) is 1.97. The van der Waals surface area contributed by atoms with Crippen LogP contribution < -0.4 is 16.4 Å². The van der Waals surface area contributed by atoms with Crippen molar-refractivity contribution in [3.8, 4) is 0 Å². The Labute approximate surface area is 111 Å². The molecule has 5 nitrogen and oxygen atoms in total. The number of nitrogens with two attached hydrogens (primary N) is 2. The number of anilines is 2. The van der Waals surface area contributed by atoms with Gasteiger partial charge in [-0.05, 0) is 24.6 Å². The van der Waals surface area contributed by atoms with Crippen molar-refractivity contribution < 1.29 is 4.79 Å². The highest BCUT2D eigenvalue weighted by atomic mass is 16.1. The van der Waals surface area contributed by atoms with Crippen LogP contribution in [0, 0.1) is 5.92 Å². The maximum atomic E-state index is 11.3. The number of nitrogen functional groups attached to an aromatic ring is 1. The monoisotopic (exact) mass is 256 g/mol. The van der Waals surface area contributed by atoms with Crippen molar-refractivity contribution in [3.63, 3.8) is 0 Å². The molecule has 5 heteroatoms. The van der Waals surface area contributed by atoms with Gasteiger partial charge in [0.25, 0.3) is 0 Å². The molecular formula is C14H16N4O. The lowest BCUT2D eigenvalue weighted by molar-refractivity contribution is -0.121. The lowest BCUT2D eigenvalue weighted by Gasteiger charge is -2.20. The Morgan fingerprint density at radius 3 is 2.89 bits per heavy atom. The van der Waals surface area contributed by atoms with Crippen molar-refractivity contribution in [2.24, 2.45) is 11.7 Å². The Hall–Kier alpha value is -2.30. The Morgan fingerprint density at radius 2 is 2.16 bits per heavy atom. The first-order valence-corrected chi connectivity index (χ1v) is 6.33. The average molecular weight is 256 g/mol. The van der Waals surface area contributed by atoms with Gasteiger partial charge in [0, 0.05) is 47.6 Å². The van der Waals surface area contributed by atoms with E-state index >= 15 is 0 Å². The summed E-state index contributed by atoms with van der Waals surface area (Å²) in [5, 5.41) is 2.02. The Morgan fingerprint density at radius 1 is 1.32 bits per heavy atom. The van der Waals surface area contributed by atoms with Crippen LogP contribution in [0.1, 0.15) is 6.42 Å². The standard InChI is InChI=1S/C14H16N4O/c15-12-1-2-13(11-7-17-5-3-10(11)12)18-6-4-9(8-18)14(16)19/h1-3,5,7,9H,4,6,8,15H2,(H2,16,19). The highest BCUT2D eigenvalue weighted by molar-refractivity contribution is 6.01. The molecule has 1 saturated heterocycles. The zero-order chi connectivity index (χ0) is 13.4. The Balaban J connectivity index is 2.02. The number of carbonyl (C=O) groups is 1. The van der Waals surface area contributed by atoms with E-state index in [0.29, 0.717) is 6.54 Å². The van der Waals surface area contributed by atoms with Crippen LogP contribution in [0.15, 0.2) is 30.6 Å². The van der Waals surface area contributed by atoms with Gasteiger partial charge >= 0.3 is 0 Å². The fourth-order valence-corrected chi connectivity index (χ4v) is 2.69. The van der Waals surface area contributed by atoms with Crippen molar-refractivity contribution in [2.75, 3.05) is 23.7 Å². The number of benzene rings is 1. The van der Waals surface area contributed by atoms with Gasteiger partial charge in [0.15, 0.2) is 0 Å². The number of aromatic nitrogens is 1. The molecule has 0 radical (unpaired) electrons. The Bertz CT molecular complexity index is 640. The van der Waals surface area contributed by atoms with Gasteiger partial charge in [0.05, 0.1) is 5.92 Å². The number of primary amides is 1. The van der Waals surface area contributed by atoms with E-state index in [1.165, 1.54) is 0 Å². The molecule has 1 aromatic carbocycles. The minimum Gasteiger partial charge on any atom is -0.398 e. The van der Waals surface area contributed by atoms with E-state index in [-0.39, 0.29) is 11.8 Å². The number of carbonyl (C=O) groups excluding carboxylic acids is 1. The van der Waals surface area contributed by atoms with Gasteiger partial charge in [-0.3, -0.25) is 9.78 Å². The van der Waals surface area contributed by atoms with E-state index in [1.54, 1.807) is 6.20 Å². The number of pyridine rings is 1. The van der Waals surface area contributed by atoms with E-state index in [4.69, 9.17) is 11.5 Å². The third-order valence-electron chi connectivity index (χ3n) is 3.76. The summed E-state index contributed by atoms with van der Waals surface area (Å²) in [4.78, 5) is 17.6. The normalized spacial score (nSPS) is 18.9. The maximum Gasteiger partial charge on any atom is 0.222 e. The fourth-order valence-electron chi connectivity index (χ4n) is 2.69. The third-order valence-corrected chi connectivity index (χ3v) is 3.76. The zero-order valence-corrected chi connectivity index (χ0v) is 10.5. The largest absolute Gasteiger partial charge is 0.398 e. The number of fused-ring (bicyclic) bond motifs is 1. The second kappa shape index (κ2) is 4.42. The highest BCUT2D eigenvalue weighted by Crippen LogP contribution is 2.33. The first kappa shape index (κ1) is 11.8. The van der Waals surface area contributed by atoms with Gasteiger partial charge in [-0.2, -0.15) is 0 Å². The number of hydrogen-bond donors (Lipinski definition) is 2. The van der Waals surface area contributed by atoms with Gasteiger partial charge in [0.1, 0.15) is 0 Å². The molecule has 98 valence electrons. The van der Waals surface area contributed by atoms with Crippen LogP contribution in [0.2, 0.25) is 0 Å². The molecule has 1 aromatic heterocycles. The van der Waals surface area contributed by atoms with Crippen molar-refractivity contribution in [3.05, 3.63) is 30.6 Å². The molecule has 1 atom stereocenters. The van der Waals surface area contributed by atoms with Gasteiger partial charge in [-0.25, -0.2) is 0 Å². The van der Waals surface area contributed by atoms with Crippen molar-refractivity contribution in [2.45, 2.75) is 6.42 Å². The zero-order valence-electron chi connectivity index (χ0n) is 10.5. The number of rotatable bonds is 2. The molecule has 19 heavy (non-hydrogen) atoms. The van der Waals surface area contributed by atoms with Gasteiger partial charge in [0.2, 0.25) is 5.91 Å². The molecule has 0 bridgehead atoms. The van der Waals surface area contributed by atoms with E-state index in [0.717, 1.165) is 35.1 Å². The molecule has 2 aromatic rings. The predicted octanol–water partition coefficient (Wildman–Crippen LogP) is 1.13. The van der Waals surface area contributed by atoms with Crippen LogP contribution in [-0.2, 0) is 4.79 Å². The summed E-state index contributed by atoms with van der Waals surface area (Å²) in [7, 11) is 0. The molecule has 2 heterocycles. The van der Waals surface area contributed by atoms with E-state index < -0.39 is 0 Å². The van der Waals surface area contributed by atoms with Crippen LogP contribution in [0.3, 0.4) is 0 Å². The second-order valence-electron chi connectivity index (χ2n) is 4.93. The number of amides is 1. The molecule has 4 N–H and O–H groups in total. The minimum absolute atomic E-state index is 0.0655. The van der Waals surface area contributed by atoms with Crippen LogP contribution in [-0.4, -0.2) is 24.0 Å². The molecule has 1 amide bonds. The maximum absolute atomic E-state index is 11.3. The lowest BCUT2D eigenvalue weighted by atomic mass is 10.1. The first-order valence-electron chi connectivity index (χ1n) is 6.33. The molecule has 1 fully saturated rings. The quantitative estimate of drug-likeness (QED) is 0.789. The molecule has 0 spiro atoms. The van der Waals surface area contributed by atoms with E-state index in [9.17, 15) is 4.79 Å². The van der Waals surface area contributed by atoms with Crippen molar-refractivity contribution in [1.82, 2.24) is 4.98 Å². The predicted molar refractivity (Wildman–Crippen MR) is 75.7 cm³/mol. The number of hydrogen-bond acceptors (Lipinski definition) is 4. The van der Waals surface area contributed by atoms with Gasteiger partial charge < -0.3 is 16.4 Å². The molecule has 1 aliphatic rings. The number of nitrogens with zero attached hydrogens (tertiary/aromatic N) is 2. The first-order chi connectivity index (χ1) is 9.16. The SMILES string of the molecule is NC(=O)C1CCN(c2ccc(N)c3ccncc23)C1. The summed E-state index contributed by atoms with van der Waals surface area (Å²) < 4.78 is 0. The van der Waals surface area contributed by atoms with E-state index in [2.05, 4.69) is 9.88 Å². The summed E-state index contributed by atoms with van der Waals surface area (Å²) in [5.74, 6) is -0.287. The smallest absolute Gasteiger partial charge is 0.222 e. The van der Waals surface area contributed by atoms with Crippen LogP contribution in [0.5, 0.6) is 0 Å². The molecular weight excluding hydrogens is 240 g/mol. The summed E-state index contributed by atoms with van der Waals surface area (Å²) in [6.07, 6.45) is 4.36. The molecule has 0 saturated carbocycles. The van der Waals surface area contributed by atoms with Crippen molar-refractivity contribution >= 4 is 28.1 Å². The highest BCUT2D eigenvalue weighted by Gasteiger charge is 2.27. The molecule has 0 aliphatic carbocycles. The van der Waals surface area contributed by atoms with Crippen LogP contribution in [0.25, 0.3) is 10.8 Å². The van der Waals surface area contributed by atoms with Gasteiger partial charge in [-0.1, -0.05) is 0 Å². The van der Waals surface area contributed by atoms with Crippen molar-refractivity contribution in [1.29, 1.82) is 0 Å². The molecule has 1 aliphatic heterocycles. The second-order valence-corrected chi connectivity index (χ2v) is 4.93. The minimum atomic E-state index is -0.222. The van der Waals surface area contributed by atoms with E-state index in [1.807, 2.05) is 24.4 Å². The van der Waals surface area contributed by atoms with Crippen LogP contribution >= 0.6 is 0 Å². The topological polar surface area (TPSA) is 85.2 Å². The van der Waals surface area contributed by atoms with Gasteiger partial charge in [-0.15, -0.1) is 0 Å². The summed E-state index contributed by atoms with van der Waals surface area (Å²) >= 11 is 0.